The molecule has 1 unspecified atom stereocenters. The van der Waals surface area contributed by atoms with Crippen LogP contribution in [0.3, 0.4) is 0 Å². The van der Waals surface area contributed by atoms with Gasteiger partial charge in [0.25, 0.3) is 0 Å². The van der Waals surface area contributed by atoms with E-state index in [1.807, 2.05) is 6.07 Å². The van der Waals surface area contributed by atoms with Crippen LogP contribution < -0.4 is 11.5 Å². The smallest absolute Gasteiger partial charge is 0.146 e. The van der Waals surface area contributed by atoms with Crippen LogP contribution in [0.4, 0.5) is 10.1 Å². The first-order valence-corrected chi connectivity index (χ1v) is 5.42. The maximum Gasteiger partial charge on any atom is 0.146 e. The topological polar surface area (TPSA) is 75.8 Å². The van der Waals surface area contributed by atoms with Crippen molar-refractivity contribution in [1.29, 1.82) is 5.26 Å². The molecule has 3 nitrogen and oxygen atoms in total. The number of hydrogen-bond donors (Lipinski definition) is 2. The minimum Gasteiger partial charge on any atom is -0.396 e. The molecule has 1 atom stereocenters. The normalized spacial score (nSPS) is 11.8. The molecule has 4 N–H and O–H groups in total. The molecule has 0 heterocycles. The zero-order valence-corrected chi connectivity index (χ0v) is 9.60. The average Bonchev–Trinajstić information content (AvgIpc) is 2.41. The molecule has 4 heteroatoms. The second-order valence-electron chi connectivity index (χ2n) is 4.00. The predicted octanol–water partition coefficient (Wildman–Crippen LogP) is 2.33. The summed E-state index contributed by atoms with van der Waals surface area (Å²) >= 11 is 0. The van der Waals surface area contributed by atoms with Crippen LogP contribution in [0.2, 0.25) is 0 Å². The molecule has 2 aromatic carbocycles. The van der Waals surface area contributed by atoms with E-state index in [-0.39, 0.29) is 5.69 Å². The van der Waals surface area contributed by atoms with Crippen LogP contribution >= 0.6 is 0 Å². The van der Waals surface area contributed by atoms with Gasteiger partial charge in [0.2, 0.25) is 0 Å². The number of nitrogen functional groups attached to an aromatic ring is 1. The Hall–Kier alpha value is -2.38. The number of benzene rings is 2. The van der Waals surface area contributed by atoms with Gasteiger partial charge in [-0.05, 0) is 35.4 Å². The molecular weight excluding hydrogens is 229 g/mol. The van der Waals surface area contributed by atoms with Gasteiger partial charge in [-0.3, -0.25) is 0 Å². The Morgan fingerprint density at radius 1 is 1.11 bits per heavy atom. The monoisotopic (exact) mass is 241 g/mol. The highest BCUT2D eigenvalue weighted by Gasteiger charge is 2.11. The Kier molecular flexibility index (Phi) is 3.26. The molecule has 0 radical (unpaired) electrons. The van der Waals surface area contributed by atoms with Crippen LogP contribution in [-0.4, -0.2) is 0 Å². The Morgan fingerprint density at radius 2 is 1.83 bits per heavy atom. The molecule has 0 saturated heterocycles. The number of halogens is 1. The lowest BCUT2D eigenvalue weighted by atomic mass is 9.98. The summed E-state index contributed by atoms with van der Waals surface area (Å²) < 4.78 is 13.1. The van der Waals surface area contributed by atoms with E-state index >= 15 is 0 Å². The van der Waals surface area contributed by atoms with Crippen LogP contribution in [0, 0.1) is 17.1 Å². The molecule has 0 aromatic heterocycles. The highest BCUT2D eigenvalue weighted by Crippen LogP contribution is 2.23. The van der Waals surface area contributed by atoms with Gasteiger partial charge in [-0.25, -0.2) is 4.39 Å². The highest BCUT2D eigenvalue weighted by atomic mass is 19.1. The summed E-state index contributed by atoms with van der Waals surface area (Å²) in [6, 6.07) is 13.0. The first-order chi connectivity index (χ1) is 8.61. The predicted molar refractivity (Wildman–Crippen MR) is 68.0 cm³/mol. The van der Waals surface area contributed by atoms with E-state index in [9.17, 15) is 4.39 Å². The minimum absolute atomic E-state index is 0.0689. The van der Waals surface area contributed by atoms with Crippen molar-refractivity contribution in [1.82, 2.24) is 0 Å². The Bertz CT molecular complexity index is 617. The third kappa shape index (κ3) is 2.31. The van der Waals surface area contributed by atoms with Crippen LogP contribution in [0.1, 0.15) is 22.7 Å². The first-order valence-electron chi connectivity index (χ1n) is 5.42. The average molecular weight is 241 g/mol. The lowest BCUT2D eigenvalue weighted by Gasteiger charge is -2.13. The van der Waals surface area contributed by atoms with E-state index in [4.69, 9.17) is 16.7 Å². The Morgan fingerprint density at radius 3 is 2.50 bits per heavy atom. The molecule has 0 bridgehead atoms. The Balaban J connectivity index is 2.38. The van der Waals surface area contributed by atoms with Crippen molar-refractivity contribution in [2.75, 3.05) is 5.73 Å². The van der Waals surface area contributed by atoms with E-state index in [0.717, 1.165) is 5.56 Å². The quantitative estimate of drug-likeness (QED) is 0.792. The van der Waals surface area contributed by atoms with E-state index < -0.39 is 11.9 Å². The van der Waals surface area contributed by atoms with Gasteiger partial charge in [-0.15, -0.1) is 0 Å². The molecule has 0 aliphatic heterocycles. The lowest BCUT2D eigenvalue weighted by molar-refractivity contribution is 0.631. The third-order valence-electron chi connectivity index (χ3n) is 2.75. The number of anilines is 1. The first kappa shape index (κ1) is 12.1. The van der Waals surface area contributed by atoms with Crippen LogP contribution in [-0.2, 0) is 0 Å². The summed E-state index contributed by atoms with van der Waals surface area (Å²) in [6.07, 6.45) is 0. The molecule has 0 aliphatic rings. The van der Waals surface area contributed by atoms with Gasteiger partial charge in [0, 0.05) is 0 Å². The minimum atomic E-state index is -0.461. The zero-order valence-electron chi connectivity index (χ0n) is 9.60. The van der Waals surface area contributed by atoms with Crippen molar-refractivity contribution in [2.45, 2.75) is 6.04 Å². The number of nitrogens with zero attached hydrogens (tertiary/aromatic N) is 1. The lowest BCUT2D eigenvalue weighted by Crippen LogP contribution is -2.12. The van der Waals surface area contributed by atoms with Crippen molar-refractivity contribution in [3.8, 4) is 6.07 Å². The van der Waals surface area contributed by atoms with Gasteiger partial charge in [0.1, 0.15) is 5.82 Å². The van der Waals surface area contributed by atoms with Crippen LogP contribution in [0.5, 0.6) is 0 Å². The van der Waals surface area contributed by atoms with Gasteiger partial charge in [0.05, 0.1) is 23.4 Å². The highest BCUT2D eigenvalue weighted by molar-refractivity contribution is 5.46. The molecule has 0 aliphatic carbocycles. The number of hydrogen-bond acceptors (Lipinski definition) is 3. The van der Waals surface area contributed by atoms with Crippen molar-refractivity contribution in [2.24, 2.45) is 5.73 Å². The zero-order chi connectivity index (χ0) is 13.1. The van der Waals surface area contributed by atoms with E-state index in [1.54, 1.807) is 24.3 Å². The summed E-state index contributed by atoms with van der Waals surface area (Å²) in [6.45, 7) is 0. The second-order valence-corrected chi connectivity index (χ2v) is 4.00. The van der Waals surface area contributed by atoms with Crippen molar-refractivity contribution in [3.05, 3.63) is 65.0 Å². The van der Waals surface area contributed by atoms with Gasteiger partial charge in [0.15, 0.2) is 0 Å². The number of nitrogens with two attached hydrogens (primary N) is 2. The maximum atomic E-state index is 13.1. The molecular formula is C14H12FN3. The Labute approximate surface area is 104 Å². The summed E-state index contributed by atoms with van der Waals surface area (Å²) in [4.78, 5) is 0. The largest absolute Gasteiger partial charge is 0.396 e. The summed E-state index contributed by atoms with van der Waals surface area (Å²) in [5.41, 5.74) is 13.7. The van der Waals surface area contributed by atoms with Crippen molar-refractivity contribution >= 4 is 5.69 Å². The summed E-state index contributed by atoms with van der Waals surface area (Å²) in [7, 11) is 0. The molecule has 2 rings (SSSR count). The maximum absolute atomic E-state index is 13.1. The van der Waals surface area contributed by atoms with Crippen LogP contribution in [0.15, 0.2) is 42.5 Å². The fourth-order valence-electron chi connectivity index (χ4n) is 1.75. The molecule has 0 amide bonds. The van der Waals surface area contributed by atoms with Crippen molar-refractivity contribution in [3.63, 3.8) is 0 Å². The molecule has 90 valence electrons. The number of nitriles is 1. The summed E-state index contributed by atoms with van der Waals surface area (Å²) in [5, 5.41) is 8.83. The van der Waals surface area contributed by atoms with E-state index in [0.29, 0.717) is 11.1 Å². The molecule has 2 aromatic rings. The molecule has 18 heavy (non-hydrogen) atoms. The van der Waals surface area contributed by atoms with E-state index in [1.165, 1.54) is 12.1 Å². The van der Waals surface area contributed by atoms with Gasteiger partial charge < -0.3 is 11.5 Å². The number of rotatable bonds is 2. The molecule has 0 saturated carbocycles. The van der Waals surface area contributed by atoms with E-state index in [2.05, 4.69) is 6.07 Å². The fraction of sp³-hybridized carbons (Fsp3) is 0.0714. The van der Waals surface area contributed by atoms with Gasteiger partial charge >= 0.3 is 0 Å². The summed E-state index contributed by atoms with van der Waals surface area (Å²) in [5.74, 6) is -0.461. The van der Waals surface area contributed by atoms with Crippen molar-refractivity contribution < 1.29 is 4.39 Å². The SMILES string of the molecule is N#Cc1cccc(C(N)c2ccc(F)c(N)c2)c1. The second kappa shape index (κ2) is 4.86. The third-order valence-corrected chi connectivity index (χ3v) is 2.75. The molecule has 0 spiro atoms. The van der Waals surface area contributed by atoms with Gasteiger partial charge in [-0.1, -0.05) is 18.2 Å². The molecule has 0 fully saturated rings. The van der Waals surface area contributed by atoms with Crippen LogP contribution in [0.25, 0.3) is 0 Å². The standard InChI is InChI=1S/C14H12FN3/c15-12-5-4-11(7-13(12)17)14(18)10-3-1-2-9(6-10)8-16/h1-7,14H,17-18H2. The fourth-order valence-corrected chi connectivity index (χ4v) is 1.75. The van der Waals surface area contributed by atoms with Gasteiger partial charge in [-0.2, -0.15) is 5.26 Å².